The van der Waals surface area contributed by atoms with Gasteiger partial charge in [0.05, 0.1) is 12.2 Å². The fraction of sp³-hybridized carbons (Fsp3) is 1.00. The molecule has 1 nitrogen and oxygen atoms in total. The van der Waals surface area contributed by atoms with Crippen molar-refractivity contribution in [3.63, 3.8) is 0 Å². The maximum absolute atomic E-state index is 6.16. The average Bonchev–Trinajstić information content (AvgIpc) is 2.54. The Morgan fingerprint density at radius 1 is 0.846 bits per heavy atom. The first-order chi connectivity index (χ1) is 6.36. The van der Waals surface area contributed by atoms with E-state index in [0.717, 1.165) is 3.92 Å². The second-order valence-corrected chi connectivity index (χ2v) is 5.98. The zero-order valence-corrected chi connectivity index (χ0v) is 10.3. The van der Waals surface area contributed by atoms with Gasteiger partial charge in [-0.05, 0) is 32.1 Å². The summed E-state index contributed by atoms with van der Waals surface area (Å²) in [5, 5.41) is 0. The molecular formula is C11H19IO. The first kappa shape index (κ1) is 10.2. The number of hydrogen-bond donors (Lipinski definition) is 0. The van der Waals surface area contributed by atoms with Crippen molar-refractivity contribution < 1.29 is 4.74 Å². The molecule has 2 aliphatic carbocycles. The van der Waals surface area contributed by atoms with E-state index in [1.165, 1.54) is 51.4 Å². The van der Waals surface area contributed by atoms with Gasteiger partial charge in [-0.2, -0.15) is 0 Å². The summed E-state index contributed by atoms with van der Waals surface area (Å²) in [6, 6.07) is 0. The van der Waals surface area contributed by atoms with Gasteiger partial charge in [-0.3, -0.25) is 0 Å². The van der Waals surface area contributed by atoms with Crippen LogP contribution in [0.15, 0.2) is 0 Å². The van der Waals surface area contributed by atoms with Crippen LogP contribution >= 0.6 is 22.6 Å². The van der Waals surface area contributed by atoms with Gasteiger partial charge in [0.2, 0.25) is 0 Å². The van der Waals surface area contributed by atoms with Crippen molar-refractivity contribution in [3.05, 3.63) is 0 Å². The van der Waals surface area contributed by atoms with E-state index in [1.54, 1.807) is 0 Å². The standard InChI is InChI=1S/C11H19IO/c12-10-7-4-8-11(10)13-9-5-2-1-3-6-9/h9-11H,1-8H2. The van der Waals surface area contributed by atoms with E-state index in [9.17, 15) is 0 Å². The monoisotopic (exact) mass is 294 g/mol. The predicted octanol–water partition coefficient (Wildman–Crippen LogP) is 3.69. The van der Waals surface area contributed by atoms with Crippen LogP contribution in [0.4, 0.5) is 0 Å². The normalized spacial score (nSPS) is 36.7. The van der Waals surface area contributed by atoms with Crippen molar-refractivity contribution in [1.29, 1.82) is 0 Å². The summed E-state index contributed by atoms with van der Waals surface area (Å²) in [5.41, 5.74) is 0. The molecule has 2 fully saturated rings. The molecule has 0 aliphatic heterocycles. The lowest BCUT2D eigenvalue weighted by Gasteiger charge is -2.27. The summed E-state index contributed by atoms with van der Waals surface area (Å²) in [6.45, 7) is 0. The van der Waals surface area contributed by atoms with Crippen LogP contribution in [-0.2, 0) is 4.74 Å². The molecule has 0 bridgehead atoms. The quantitative estimate of drug-likeness (QED) is 0.557. The molecule has 0 radical (unpaired) electrons. The first-order valence-electron chi connectivity index (χ1n) is 5.66. The Morgan fingerprint density at radius 3 is 2.23 bits per heavy atom. The fourth-order valence-electron chi connectivity index (χ4n) is 2.48. The van der Waals surface area contributed by atoms with Crippen LogP contribution in [0, 0.1) is 0 Å². The summed E-state index contributed by atoms with van der Waals surface area (Å²) in [7, 11) is 0. The molecule has 0 N–H and O–H groups in total. The number of hydrogen-bond acceptors (Lipinski definition) is 1. The second-order valence-electron chi connectivity index (χ2n) is 4.38. The Labute approximate surface area is 94.8 Å². The zero-order valence-electron chi connectivity index (χ0n) is 8.18. The van der Waals surface area contributed by atoms with Gasteiger partial charge in [0, 0.05) is 3.92 Å². The van der Waals surface area contributed by atoms with Gasteiger partial charge in [0.1, 0.15) is 0 Å². The minimum absolute atomic E-state index is 0.587. The van der Waals surface area contributed by atoms with Crippen molar-refractivity contribution in [2.75, 3.05) is 0 Å². The van der Waals surface area contributed by atoms with E-state index in [0.29, 0.717) is 12.2 Å². The first-order valence-corrected chi connectivity index (χ1v) is 6.90. The third-order valence-corrected chi connectivity index (χ3v) is 4.72. The molecule has 0 spiro atoms. The Bertz CT molecular complexity index is 154. The number of alkyl halides is 1. The maximum atomic E-state index is 6.16. The molecule has 0 aromatic carbocycles. The minimum Gasteiger partial charge on any atom is -0.374 e. The van der Waals surface area contributed by atoms with Crippen LogP contribution < -0.4 is 0 Å². The highest BCUT2D eigenvalue weighted by Crippen LogP contribution is 2.32. The highest BCUT2D eigenvalue weighted by Gasteiger charge is 2.28. The van der Waals surface area contributed by atoms with Crippen LogP contribution in [0.2, 0.25) is 0 Å². The summed E-state index contributed by atoms with van der Waals surface area (Å²) in [6.07, 6.45) is 12.1. The average molecular weight is 294 g/mol. The second kappa shape index (κ2) is 4.96. The van der Waals surface area contributed by atoms with E-state index < -0.39 is 0 Å². The van der Waals surface area contributed by atoms with Gasteiger partial charge in [-0.1, -0.05) is 41.9 Å². The molecule has 2 saturated carbocycles. The van der Waals surface area contributed by atoms with Gasteiger partial charge in [-0.25, -0.2) is 0 Å². The summed E-state index contributed by atoms with van der Waals surface area (Å²) < 4.78 is 6.95. The van der Waals surface area contributed by atoms with Crippen molar-refractivity contribution in [2.45, 2.75) is 67.5 Å². The molecule has 2 unspecified atom stereocenters. The van der Waals surface area contributed by atoms with Crippen LogP contribution in [0.1, 0.15) is 51.4 Å². The lowest BCUT2D eigenvalue weighted by molar-refractivity contribution is -0.0217. The van der Waals surface area contributed by atoms with Crippen molar-refractivity contribution >= 4 is 22.6 Å². The third kappa shape index (κ3) is 2.82. The Balaban J connectivity index is 1.75. The Hall–Kier alpha value is 0.690. The number of rotatable bonds is 2. The summed E-state index contributed by atoms with van der Waals surface area (Å²) >= 11 is 2.57. The van der Waals surface area contributed by atoms with Gasteiger partial charge in [-0.15, -0.1) is 0 Å². The molecular weight excluding hydrogens is 275 g/mol. The molecule has 0 amide bonds. The van der Waals surface area contributed by atoms with Crippen molar-refractivity contribution in [3.8, 4) is 0 Å². The van der Waals surface area contributed by atoms with Crippen LogP contribution in [0.3, 0.4) is 0 Å². The molecule has 0 aromatic heterocycles. The lowest BCUT2D eigenvalue weighted by atomic mass is 9.97. The van der Waals surface area contributed by atoms with Gasteiger partial charge >= 0.3 is 0 Å². The van der Waals surface area contributed by atoms with Gasteiger partial charge in [0.15, 0.2) is 0 Å². The largest absolute Gasteiger partial charge is 0.374 e. The van der Waals surface area contributed by atoms with E-state index in [2.05, 4.69) is 22.6 Å². The zero-order chi connectivity index (χ0) is 9.10. The van der Waals surface area contributed by atoms with E-state index in [1.807, 2.05) is 0 Å². The smallest absolute Gasteiger partial charge is 0.0696 e. The fourth-order valence-corrected chi connectivity index (χ4v) is 3.45. The Morgan fingerprint density at radius 2 is 1.62 bits per heavy atom. The molecule has 2 rings (SSSR count). The molecule has 2 heteroatoms. The van der Waals surface area contributed by atoms with Crippen LogP contribution in [-0.4, -0.2) is 16.1 Å². The number of ether oxygens (including phenoxy) is 1. The summed E-state index contributed by atoms with van der Waals surface area (Å²) in [5.74, 6) is 0. The molecule has 76 valence electrons. The third-order valence-electron chi connectivity index (χ3n) is 3.29. The topological polar surface area (TPSA) is 9.23 Å². The Kier molecular flexibility index (Phi) is 3.90. The van der Waals surface area contributed by atoms with Crippen LogP contribution in [0.25, 0.3) is 0 Å². The van der Waals surface area contributed by atoms with Crippen LogP contribution in [0.5, 0.6) is 0 Å². The molecule has 0 aromatic rings. The lowest BCUT2D eigenvalue weighted by Crippen LogP contribution is -2.26. The highest BCUT2D eigenvalue weighted by molar-refractivity contribution is 14.1. The molecule has 13 heavy (non-hydrogen) atoms. The predicted molar refractivity (Wildman–Crippen MR) is 63.4 cm³/mol. The minimum atomic E-state index is 0.587. The van der Waals surface area contributed by atoms with Crippen molar-refractivity contribution in [1.82, 2.24) is 0 Å². The maximum Gasteiger partial charge on any atom is 0.0696 e. The molecule has 2 atom stereocenters. The molecule has 0 heterocycles. The highest BCUT2D eigenvalue weighted by atomic mass is 127. The van der Waals surface area contributed by atoms with E-state index in [-0.39, 0.29) is 0 Å². The molecule has 0 saturated heterocycles. The van der Waals surface area contributed by atoms with E-state index >= 15 is 0 Å². The molecule has 2 aliphatic rings. The van der Waals surface area contributed by atoms with Gasteiger partial charge in [0.25, 0.3) is 0 Å². The van der Waals surface area contributed by atoms with Crippen molar-refractivity contribution in [2.24, 2.45) is 0 Å². The SMILES string of the molecule is IC1CCCC1OC1CCCCC1. The van der Waals surface area contributed by atoms with Gasteiger partial charge < -0.3 is 4.74 Å². The summed E-state index contributed by atoms with van der Waals surface area (Å²) in [4.78, 5) is 0. The van der Waals surface area contributed by atoms with E-state index in [4.69, 9.17) is 4.74 Å². The number of halogens is 1.